The van der Waals surface area contributed by atoms with Gasteiger partial charge in [0.1, 0.15) is 0 Å². The van der Waals surface area contributed by atoms with Crippen molar-refractivity contribution in [2.75, 3.05) is 32.7 Å². The second kappa shape index (κ2) is 12.6. The SMILES string of the molecule is O=C(O)CCCC(=O)NCC(=O)NCC(=O)NCC(=O)NCCN1C(=O)C=CC1=O. The van der Waals surface area contributed by atoms with Gasteiger partial charge >= 0.3 is 5.97 Å². The zero-order chi connectivity index (χ0) is 22.5. The number of rotatable bonds is 13. The zero-order valence-electron chi connectivity index (χ0n) is 16.1. The molecule has 0 saturated carbocycles. The van der Waals surface area contributed by atoms with Gasteiger partial charge in [-0.05, 0) is 6.42 Å². The molecule has 0 bridgehead atoms. The molecule has 0 fully saturated rings. The van der Waals surface area contributed by atoms with E-state index in [-0.39, 0.29) is 45.4 Å². The fraction of sp³-hybridized carbons (Fsp3) is 0.471. The molecule has 0 aromatic heterocycles. The second-order valence-electron chi connectivity index (χ2n) is 6.09. The van der Waals surface area contributed by atoms with E-state index in [1.165, 1.54) is 0 Å². The van der Waals surface area contributed by atoms with Gasteiger partial charge in [-0.15, -0.1) is 0 Å². The van der Waals surface area contributed by atoms with Gasteiger partial charge in [0.05, 0.1) is 19.6 Å². The molecular formula is C17H23N5O8. The number of nitrogens with zero attached hydrogens (tertiary/aromatic N) is 1. The molecule has 0 saturated heterocycles. The molecule has 0 spiro atoms. The molecule has 1 aliphatic heterocycles. The van der Waals surface area contributed by atoms with Crippen LogP contribution in [-0.2, 0) is 33.6 Å². The Morgan fingerprint density at radius 1 is 0.733 bits per heavy atom. The summed E-state index contributed by atoms with van der Waals surface area (Å²) in [5.74, 6) is -4.25. The van der Waals surface area contributed by atoms with E-state index in [1.54, 1.807) is 0 Å². The van der Waals surface area contributed by atoms with Crippen LogP contribution in [0.4, 0.5) is 0 Å². The van der Waals surface area contributed by atoms with E-state index in [1.807, 2.05) is 0 Å². The lowest BCUT2D eigenvalue weighted by Gasteiger charge is -2.14. The Kier molecular flexibility index (Phi) is 10.2. The minimum absolute atomic E-state index is 0.00242. The van der Waals surface area contributed by atoms with E-state index in [4.69, 9.17) is 5.11 Å². The first-order valence-electron chi connectivity index (χ1n) is 9.01. The molecule has 0 radical (unpaired) electrons. The summed E-state index contributed by atoms with van der Waals surface area (Å²) in [6, 6.07) is 0. The first-order chi connectivity index (χ1) is 14.2. The van der Waals surface area contributed by atoms with Crippen molar-refractivity contribution in [2.45, 2.75) is 19.3 Å². The molecule has 0 aromatic rings. The molecule has 1 heterocycles. The summed E-state index contributed by atoms with van der Waals surface area (Å²) >= 11 is 0. The lowest BCUT2D eigenvalue weighted by Crippen LogP contribution is -2.45. The van der Waals surface area contributed by atoms with Gasteiger partial charge in [-0.3, -0.25) is 38.5 Å². The fourth-order valence-electron chi connectivity index (χ4n) is 2.17. The van der Waals surface area contributed by atoms with Crippen molar-refractivity contribution in [1.29, 1.82) is 0 Å². The molecule has 0 unspecified atom stereocenters. The van der Waals surface area contributed by atoms with Crippen LogP contribution in [0.1, 0.15) is 19.3 Å². The zero-order valence-corrected chi connectivity index (χ0v) is 16.1. The first-order valence-corrected chi connectivity index (χ1v) is 9.01. The molecule has 30 heavy (non-hydrogen) atoms. The van der Waals surface area contributed by atoms with Crippen LogP contribution in [0, 0.1) is 0 Å². The predicted molar refractivity (Wildman–Crippen MR) is 99.4 cm³/mol. The second-order valence-corrected chi connectivity index (χ2v) is 6.09. The summed E-state index contributed by atoms with van der Waals surface area (Å²) in [6.45, 7) is -1.12. The third kappa shape index (κ3) is 9.96. The third-order valence-corrected chi connectivity index (χ3v) is 3.69. The lowest BCUT2D eigenvalue weighted by molar-refractivity contribution is -0.138. The number of carboxylic acids is 1. The highest BCUT2D eigenvalue weighted by atomic mass is 16.4. The number of imide groups is 1. The molecule has 0 atom stereocenters. The van der Waals surface area contributed by atoms with Gasteiger partial charge in [0.2, 0.25) is 23.6 Å². The predicted octanol–water partition coefficient (Wildman–Crippen LogP) is -3.37. The van der Waals surface area contributed by atoms with Crippen LogP contribution in [0.3, 0.4) is 0 Å². The summed E-state index contributed by atoms with van der Waals surface area (Å²) in [5.41, 5.74) is 0. The van der Waals surface area contributed by atoms with Crippen LogP contribution >= 0.6 is 0 Å². The normalized spacial score (nSPS) is 12.5. The Morgan fingerprint density at radius 2 is 1.20 bits per heavy atom. The molecule has 5 N–H and O–H groups in total. The van der Waals surface area contributed by atoms with E-state index >= 15 is 0 Å². The molecule has 13 nitrogen and oxygen atoms in total. The summed E-state index contributed by atoms with van der Waals surface area (Å²) < 4.78 is 0. The summed E-state index contributed by atoms with van der Waals surface area (Å²) in [7, 11) is 0. The highest BCUT2D eigenvalue weighted by molar-refractivity contribution is 6.12. The maximum Gasteiger partial charge on any atom is 0.303 e. The van der Waals surface area contributed by atoms with Crippen molar-refractivity contribution in [3.63, 3.8) is 0 Å². The van der Waals surface area contributed by atoms with Crippen LogP contribution in [0.25, 0.3) is 0 Å². The molecule has 13 heteroatoms. The number of carbonyl (C=O) groups excluding carboxylic acids is 6. The standard InChI is InChI=1S/C17H23N5O8/c23-11(2-1-3-17(29)30)19-9-13(25)21-10-14(26)20-8-12(24)18-6-7-22-15(27)4-5-16(22)28/h4-5H,1-3,6-10H2,(H,18,24)(H,19,23)(H,20,26)(H,21,25)(H,29,30). The van der Waals surface area contributed by atoms with Crippen LogP contribution in [0.15, 0.2) is 12.2 Å². The fourth-order valence-corrected chi connectivity index (χ4v) is 2.17. The maximum absolute atomic E-state index is 11.6. The van der Waals surface area contributed by atoms with E-state index in [2.05, 4.69) is 21.3 Å². The maximum atomic E-state index is 11.6. The van der Waals surface area contributed by atoms with Crippen molar-refractivity contribution >= 4 is 41.4 Å². The molecule has 6 amide bonds. The van der Waals surface area contributed by atoms with Gasteiger partial charge < -0.3 is 26.4 Å². The van der Waals surface area contributed by atoms with Crippen molar-refractivity contribution < 1.29 is 38.7 Å². The number of carbonyl (C=O) groups is 7. The van der Waals surface area contributed by atoms with Crippen LogP contribution in [-0.4, -0.2) is 84.1 Å². The quantitative estimate of drug-likeness (QED) is 0.189. The minimum Gasteiger partial charge on any atom is -0.481 e. The molecular weight excluding hydrogens is 402 g/mol. The van der Waals surface area contributed by atoms with Gasteiger partial charge in [-0.1, -0.05) is 0 Å². The summed E-state index contributed by atoms with van der Waals surface area (Å²) in [6.07, 6.45) is 2.22. The van der Waals surface area contributed by atoms with Crippen LogP contribution < -0.4 is 21.3 Å². The number of aliphatic carboxylic acids is 1. The summed E-state index contributed by atoms with van der Waals surface area (Å²) in [4.78, 5) is 80.1. The highest BCUT2D eigenvalue weighted by Gasteiger charge is 2.22. The molecule has 0 aliphatic carbocycles. The van der Waals surface area contributed by atoms with Gasteiger partial charge in [-0.2, -0.15) is 0 Å². The van der Waals surface area contributed by atoms with Crippen molar-refractivity contribution in [1.82, 2.24) is 26.2 Å². The highest BCUT2D eigenvalue weighted by Crippen LogP contribution is 2.01. The van der Waals surface area contributed by atoms with Crippen LogP contribution in [0.5, 0.6) is 0 Å². The van der Waals surface area contributed by atoms with Gasteiger partial charge in [-0.25, -0.2) is 0 Å². The number of amides is 6. The van der Waals surface area contributed by atoms with E-state index in [9.17, 15) is 33.6 Å². The van der Waals surface area contributed by atoms with E-state index in [0.29, 0.717) is 0 Å². The molecule has 164 valence electrons. The number of nitrogens with one attached hydrogen (secondary N) is 4. The third-order valence-electron chi connectivity index (χ3n) is 3.69. The molecule has 1 rings (SSSR count). The topological polar surface area (TPSA) is 191 Å². The van der Waals surface area contributed by atoms with Gasteiger partial charge in [0, 0.05) is 38.1 Å². The Bertz CT molecular complexity index is 730. The Labute approximate surface area is 171 Å². The Morgan fingerprint density at radius 3 is 1.70 bits per heavy atom. The number of hydrogen-bond donors (Lipinski definition) is 5. The van der Waals surface area contributed by atoms with Crippen LogP contribution in [0.2, 0.25) is 0 Å². The average Bonchev–Trinajstić information content (AvgIpc) is 3.00. The summed E-state index contributed by atoms with van der Waals surface area (Å²) in [5, 5.41) is 17.7. The smallest absolute Gasteiger partial charge is 0.303 e. The average molecular weight is 425 g/mol. The monoisotopic (exact) mass is 425 g/mol. The largest absolute Gasteiger partial charge is 0.481 e. The van der Waals surface area contributed by atoms with E-state index < -0.39 is 48.0 Å². The van der Waals surface area contributed by atoms with Crippen molar-refractivity contribution in [2.24, 2.45) is 0 Å². The molecule has 1 aliphatic rings. The van der Waals surface area contributed by atoms with Crippen molar-refractivity contribution in [3.05, 3.63) is 12.2 Å². The van der Waals surface area contributed by atoms with Crippen molar-refractivity contribution in [3.8, 4) is 0 Å². The lowest BCUT2D eigenvalue weighted by atomic mass is 10.2. The van der Waals surface area contributed by atoms with Gasteiger partial charge in [0.15, 0.2) is 0 Å². The Balaban J connectivity index is 2.08. The molecule has 0 aromatic carbocycles. The number of carboxylic acid groups (broad SMARTS) is 1. The van der Waals surface area contributed by atoms with Gasteiger partial charge in [0.25, 0.3) is 11.8 Å². The number of hydrogen-bond acceptors (Lipinski definition) is 7. The Hall–Kier alpha value is -3.77. The van der Waals surface area contributed by atoms with E-state index in [0.717, 1.165) is 17.1 Å². The minimum atomic E-state index is -1.02. The first kappa shape index (κ1) is 24.3.